The number of hydrogen-bond acceptors (Lipinski definition) is 8. The summed E-state index contributed by atoms with van der Waals surface area (Å²) in [6.45, 7) is 16.5. The van der Waals surface area contributed by atoms with Crippen LogP contribution >= 0.6 is 34.0 Å². The maximum atomic E-state index is 5.65. The van der Waals surface area contributed by atoms with E-state index >= 15 is 0 Å². The van der Waals surface area contributed by atoms with E-state index in [1.54, 1.807) is 34.0 Å². The van der Waals surface area contributed by atoms with Gasteiger partial charge < -0.3 is 4.42 Å². The van der Waals surface area contributed by atoms with Crippen molar-refractivity contribution in [1.82, 2.24) is 19.9 Å². The summed E-state index contributed by atoms with van der Waals surface area (Å²) >= 11 is 5.27. The lowest BCUT2D eigenvalue weighted by Gasteiger charge is -2.00. The Hall–Kier alpha value is -2.42. The monoisotopic (exact) mass is 480 g/mol. The van der Waals surface area contributed by atoms with E-state index in [9.17, 15) is 0 Å². The third-order valence-corrected chi connectivity index (χ3v) is 8.99. The predicted molar refractivity (Wildman–Crippen MR) is 138 cm³/mol. The highest BCUT2D eigenvalue weighted by Gasteiger charge is 2.17. The van der Waals surface area contributed by atoms with Crippen LogP contribution in [0.1, 0.15) is 43.2 Å². The van der Waals surface area contributed by atoms with E-state index in [1.165, 1.54) is 30.8 Å². The Balaban J connectivity index is 0.000000135. The molecule has 164 valence electrons. The van der Waals surface area contributed by atoms with Crippen LogP contribution < -0.4 is 0 Å². The van der Waals surface area contributed by atoms with Crippen molar-refractivity contribution in [2.75, 3.05) is 0 Å². The Bertz CT molecular complexity index is 1310. The Kier molecular flexibility index (Phi) is 5.07. The third-order valence-electron chi connectivity index (χ3n) is 5.72. The zero-order valence-corrected chi connectivity index (χ0v) is 21.9. The van der Waals surface area contributed by atoms with Gasteiger partial charge in [0.1, 0.15) is 5.52 Å². The Morgan fingerprint density at radius 2 is 0.844 bits per heavy atom. The van der Waals surface area contributed by atoms with Gasteiger partial charge in [0.25, 0.3) is 0 Å². The van der Waals surface area contributed by atoms with Crippen molar-refractivity contribution < 1.29 is 4.42 Å². The van der Waals surface area contributed by atoms with Crippen molar-refractivity contribution in [1.29, 1.82) is 0 Å². The first-order valence-corrected chi connectivity index (χ1v) is 12.9. The fourth-order valence-corrected chi connectivity index (χ4v) is 7.10. The van der Waals surface area contributed by atoms with Crippen LogP contribution in [0.4, 0.5) is 0 Å². The third kappa shape index (κ3) is 3.24. The molecule has 0 aliphatic heterocycles. The van der Waals surface area contributed by atoms with Crippen molar-refractivity contribution in [2.24, 2.45) is 0 Å². The zero-order valence-electron chi connectivity index (χ0n) is 19.4. The Labute approximate surface area is 198 Å². The van der Waals surface area contributed by atoms with Crippen LogP contribution in [-0.2, 0) is 0 Å². The van der Waals surface area contributed by atoms with Gasteiger partial charge in [0.2, 0.25) is 0 Å². The maximum Gasteiger partial charge on any atom is 0.192 e. The second kappa shape index (κ2) is 7.57. The van der Waals surface area contributed by atoms with Crippen LogP contribution in [0.5, 0.6) is 0 Å². The lowest BCUT2D eigenvalue weighted by molar-refractivity contribution is 0.559. The van der Waals surface area contributed by atoms with E-state index in [2.05, 4.69) is 54.6 Å². The van der Waals surface area contributed by atoms with E-state index in [0.717, 1.165) is 54.1 Å². The molecule has 0 unspecified atom stereocenters. The first kappa shape index (κ1) is 21.4. The maximum absolute atomic E-state index is 5.65. The van der Waals surface area contributed by atoms with Crippen molar-refractivity contribution in [3.63, 3.8) is 0 Å². The topological polar surface area (TPSA) is 64.7 Å². The molecule has 2 aromatic carbocycles. The number of aromatic nitrogens is 4. The normalized spacial score (nSPS) is 11.8. The number of oxazole rings is 1. The van der Waals surface area contributed by atoms with Gasteiger partial charge in [-0.3, -0.25) is 0 Å². The standard InChI is InChI=1S/C12H12N2OS.C12H12N2S2/c1-5-10-12(16-8(4)14-10)6(2)9-11(5)15-7(3)13-9;1-5-9-12(16-7(3)13-9)6(2)10-11(5)15-8(4)14-10/h2*1-4H3. The summed E-state index contributed by atoms with van der Waals surface area (Å²) in [6.07, 6.45) is 0. The number of aryl methyl sites for hydroxylation is 8. The molecule has 32 heavy (non-hydrogen) atoms. The Morgan fingerprint density at radius 3 is 1.28 bits per heavy atom. The largest absolute Gasteiger partial charge is 0.441 e. The molecule has 0 N–H and O–H groups in total. The van der Waals surface area contributed by atoms with Gasteiger partial charge in [0.15, 0.2) is 11.5 Å². The van der Waals surface area contributed by atoms with Crippen LogP contribution in [0.25, 0.3) is 41.7 Å². The second-order valence-corrected chi connectivity index (χ2v) is 11.8. The molecule has 0 saturated carbocycles. The summed E-state index contributed by atoms with van der Waals surface area (Å²) in [6, 6.07) is 0. The average Bonchev–Trinajstić information content (AvgIpc) is 3.50. The number of fused-ring (bicyclic) bond motifs is 4. The number of thiazole rings is 3. The average molecular weight is 481 g/mol. The molecule has 0 atom stereocenters. The Morgan fingerprint density at radius 1 is 0.469 bits per heavy atom. The number of hydrogen-bond donors (Lipinski definition) is 0. The van der Waals surface area contributed by atoms with Gasteiger partial charge in [0.05, 0.1) is 45.7 Å². The molecule has 0 spiro atoms. The van der Waals surface area contributed by atoms with Crippen LogP contribution in [0.2, 0.25) is 0 Å². The number of rotatable bonds is 0. The van der Waals surface area contributed by atoms with Gasteiger partial charge in [0, 0.05) is 12.5 Å². The van der Waals surface area contributed by atoms with Crippen LogP contribution in [-0.4, -0.2) is 19.9 Å². The fourth-order valence-electron chi connectivity index (χ4n) is 4.17. The van der Waals surface area contributed by atoms with Crippen molar-refractivity contribution >= 4 is 75.8 Å². The lowest BCUT2D eigenvalue weighted by Crippen LogP contribution is -1.83. The van der Waals surface area contributed by atoms with E-state index < -0.39 is 0 Å². The number of nitrogens with zero attached hydrogens (tertiary/aromatic N) is 4. The number of benzene rings is 2. The summed E-state index contributed by atoms with van der Waals surface area (Å²) in [5.41, 5.74) is 10.1. The summed E-state index contributed by atoms with van der Waals surface area (Å²) < 4.78 is 9.48. The highest BCUT2D eigenvalue weighted by Crippen LogP contribution is 2.37. The quantitative estimate of drug-likeness (QED) is 0.222. The summed E-state index contributed by atoms with van der Waals surface area (Å²) in [5.74, 6) is 0.718. The van der Waals surface area contributed by atoms with Crippen LogP contribution in [0.15, 0.2) is 4.42 Å². The molecule has 6 aromatic rings. The molecule has 0 bridgehead atoms. The molecule has 0 radical (unpaired) electrons. The highest BCUT2D eigenvalue weighted by molar-refractivity contribution is 7.20. The van der Waals surface area contributed by atoms with Crippen LogP contribution in [0.3, 0.4) is 0 Å². The summed E-state index contributed by atoms with van der Waals surface area (Å²) in [7, 11) is 0. The lowest BCUT2D eigenvalue weighted by atomic mass is 10.1. The summed E-state index contributed by atoms with van der Waals surface area (Å²) in [5, 5.41) is 3.36. The van der Waals surface area contributed by atoms with Crippen molar-refractivity contribution in [3.05, 3.63) is 43.2 Å². The first-order valence-electron chi connectivity index (χ1n) is 10.4. The van der Waals surface area contributed by atoms with E-state index in [-0.39, 0.29) is 0 Å². The molecule has 0 amide bonds. The van der Waals surface area contributed by atoms with Crippen molar-refractivity contribution in [3.8, 4) is 0 Å². The highest BCUT2D eigenvalue weighted by atomic mass is 32.1. The molecule has 5 nitrogen and oxygen atoms in total. The predicted octanol–water partition coefficient (Wildman–Crippen LogP) is 7.81. The molecule has 4 heterocycles. The van der Waals surface area contributed by atoms with E-state index in [0.29, 0.717) is 0 Å². The van der Waals surface area contributed by atoms with Crippen LogP contribution in [0, 0.1) is 55.4 Å². The zero-order chi connectivity index (χ0) is 22.9. The first-order chi connectivity index (χ1) is 15.2. The molecule has 4 aromatic heterocycles. The molecular weight excluding hydrogens is 456 g/mol. The molecule has 8 heteroatoms. The van der Waals surface area contributed by atoms with Gasteiger partial charge in [-0.1, -0.05) is 0 Å². The van der Waals surface area contributed by atoms with Gasteiger partial charge in [-0.2, -0.15) is 0 Å². The van der Waals surface area contributed by atoms with Crippen molar-refractivity contribution in [2.45, 2.75) is 55.4 Å². The summed E-state index contributed by atoms with van der Waals surface area (Å²) in [4.78, 5) is 18.3. The van der Waals surface area contributed by atoms with Gasteiger partial charge >= 0.3 is 0 Å². The second-order valence-electron chi connectivity index (χ2n) is 8.14. The minimum Gasteiger partial charge on any atom is -0.441 e. The molecule has 6 rings (SSSR count). The van der Waals surface area contributed by atoms with E-state index in [1.807, 2.05) is 20.8 Å². The molecule has 0 aliphatic rings. The van der Waals surface area contributed by atoms with Gasteiger partial charge in [-0.25, -0.2) is 19.9 Å². The minimum absolute atomic E-state index is 0.718. The minimum atomic E-state index is 0.718. The smallest absolute Gasteiger partial charge is 0.192 e. The SMILES string of the molecule is Cc1nc2c(C)c3sc(C)nc3c(C)c2o1.Cc1nc2c(C)c3sc(C)nc3c(C)c2s1. The molecule has 0 saturated heterocycles. The van der Waals surface area contributed by atoms with E-state index in [4.69, 9.17) is 4.42 Å². The molecular formula is C24H24N4OS3. The van der Waals surface area contributed by atoms with Gasteiger partial charge in [-0.15, -0.1) is 34.0 Å². The fraction of sp³-hybridized carbons (Fsp3) is 0.333. The molecule has 0 fully saturated rings. The van der Waals surface area contributed by atoms with Gasteiger partial charge in [-0.05, 0) is 65.2 Å². The molecule has 0 aliphatic carbocycles.